The van der Waals surface area contributed by atoms with E-state index in [2.05, 4.69) is 11.9 Å². The second-order valence-electron chi connectivity index (χ2n) is 6.63. The van der Waals surface area contributed by atoms with E-state index in [0.29, 0.717) is 5.75 Å². The lowest BCUT2D eigenvalue weighted by Crippen LogP contribution is -2.48. The van der Waals surface area contributed by atoms with Gasteiger partial charge in [0, 0.05) is 18.1 Å². The Balaban J connectivity index is 2.09. The standard InChI is InChI=1S/C19H25NO3/c1-5-15-16-6-7-19(8-10-20-11-9-19)23-18(16)13(3)12(2)17(15)22-14(4)21/h5,20H,1,6-11H2,2-4H3. The average molecular weight is 315 g/mol. The summed E-state index contributed by atoms with van der Waals surface area (Å²) in [5, 5.41) is 3.41. The molecule has 1 N–H and O–H groups in total. The summed E-state index contributed by atoms with van der Waals surface area (Å²) in [5.41, 5.74) is 4.02. The highest BCUT2D eigenvalue weighted by Crippen LogP contribution is 2.46. The van der Waals surface area contributed by atoms with E-state index in [-0.39, 0.29) is 11.6 Å². The van der Waals surface area contributed by atoms with Gasteiger partial charge in [0.15, 0.2) is 0 Å². The maximum atomic E-state index is 11.5. The largest absolute Gasteiger partial charge is 0.487 e. The van der Waals surface area contributed by atoms with E-state index in [4.69, 9.17) is 9.47 Å². The van der Waals surface area contributed by atoms with Gasteiger partial charge in [-0.05, 0) is 63.7 Å². The quantitative estimate of drug-likeness (QED) is 0.672. The molecule has 0 saturated carbocycles. The Bertz CT molecular complexity index is 657. The zero-order valence-corrected chi connectivity index (χ0v) is 14.3. The molecule has 23 heavy (non-hydrogen) atoms. The lowest BCUT2D eigenvalue weighted by Gasteiger charge is -2.43. The van der Waals surface area contributed by atoms with E-state index in [0.717, 1.165) is 66.8 Å². The Hall–Kier alpha value is -1.81. The van der Waals surface area contributed by atoms with Gasteiger partial charge in [0.05, 0.1) is 0 Å². The highest BCUT2D eigenvalue weighted by atomic mass is 16.5. The topological polar surface area (TPSA) is 47.6 Å². The summed E-state index contributed by atoms with van der Waals surface area (Å²) < 4.78 is 12.0. The second kappa shape index (κ2) is 6.00. The average Bonchev–Trinajstić information content (AvgIpc) is 2.54. The summed E-state index contributed by atoms with van der Waals surface area (Å²) in [6.45, 7) is 11.4. The number of esters is 1. The summed E-state index contributed by atoms with van der Waals surface area (Å²) in [5.74, 6) is 1.30. The van der Waals surface area contributed by atoms with Crippen LogP contribution in [0.3, 0.4) is 0 Å². The molecule has 0 aliphatic carbocycles. The van der Waals surface area contributed by atoms with E-state index < -0.39 is 0 Å². The minimum atomic E-state index is -0.304. The number of piperidine rings is 1. The summed E-state index contributed by atoms with van der Waals surface area (Å²) >= 11 is 0. The van der Waals surface area contributed by atoms with Crippen LogP contribution in [0.2, 0.25) is 0 Å². The lowest BCUT2D eigenvalue weighted by atomic mass is 9.81. The van der Waals surface area contributed by atoms with Crippen LogP contribution in [0.15, 0.2) is 6.58 Å². The minimum absolute atomic E-state index is 0.0448. The van der Waals surface area contributed by atoms with E-state index >= 15 is 0 Å². The van der Waals surface area contributed by atoms with Crippen LogP contribution in [0.25, 0.3) is 6.08 Å². The van der Waals surface area contributed by atoms with E-state index in [1.54, 1.807) is 6.08 Å². The van der Waals surface area contributed by atoms with Crippen molar-refractivity contribution in [3.63, 3.8) is 0 Å². The van der Waals surface area contributed by atoms with Gasteiger partial charge in [0.1, 0.15) is 17.1 Å². The molecule has 0 aromatic heterocycles. The first kappa shape index (κ1) is 16.1. The molecule has 0 atom stereocenters. The summed E-state index contributed by atoms with van der Waals surface area (Å²) in [7, 11) is 0. The van der Waals surface area contributed by atoms with Gasteiger partial charge in [-0.3, -0.25) is 4.79 Å². The molecule has 1 spiro atoms. The van der Waals surface area contributed by atoms with E-state index in [1.807, 2.05) is 13.8 Å². The zero-order chi connectivity index (χ0) is 16.6. The number of ether oxygens (including phenoxy) is 2. The first-order valence-corrected chi connectivity index (χ1v) is 8.34. The van der Waals surface area contributed by atoms with Gasteiger partial charge < -0.3 is 14.8 Å². The Kier molecular flexibility index (Phi) is 4.19. The van der Waals surface area contributed by atoms with Crippen LogP contribution in [0.1, 0.15) is 48.4 Å². The molecule has 1 aromatic carbocycles. The molecular weight excluding hydrogens is 290 g/mol. The fourth-order valence-electron chi connectivity index (χ4n) is 3.76. The molecule has 4 nitrogen and oxygen atoms in total. The van der Waals surface area contributed by atoms with Gasteiger partial charge in [0.25, 0.3) is 0 Å². The number of hydrogen-bond acceptors (Lipinski definition) is 4. The van der Waals surface area contributed by atoms with Gasteiger partial charge in [-0.2, -0.15) is 0 Å². The SMILES string of the molecule is C=Cc1c2c(c(C)c(C)c1OC(C)=O)OC1(CCNCC1)CC2. The van der Waals surface area contributed by atoms with Gasteiger partial charge in [-0.25, -0.2) is 0 Å². The van der Waals surface area contributed by atoms with Gasteiger partial charge in [-0.15, -0.1) is 0 Å². The molecule has 0 amide bonds. The molecular formula is C19H25NO3. The third-order valence-electron chi connectivity index (χ3n) is 5.20. The molecule has 0 unspecified atom stereocenters. The number of carbonyl (C=O) groups is 1. The van der Waals surface area contributed by atoms with Crippen molar-refractivity contribution in [2.45, 2.75) is 52.1 Å². The zero-order valence-electron chi connectivity index (χ0n) is 14.3. The number of carbonyl (C=O) groups excluding carboxylic acids is 1. The van der Waals surface area contributed by atoms with E-state index in [1.165, 1.54) is 6.92 Å². The monoisotopic (exact) mass is 315 g/mol. The fraction of sp³-hybridized carbons (Fsp3) is 0.526. The lowest BCUT2D eigenvalue weighted by molar-refractivity contribution is -0.131. The Morgan fingerprint density at radius 2 is 1.96 bits per heavy atom. The van der Waals surface area contributed by atoms with Crippen molar-refractivity contribution >= 4 is 12.0 Å². The normalized spacial score (nSPS) is 18.9. The third kappa shape index (κ3) is 2.76. The molecule has 1 saturated heterocycles. The van der Waals surface area contributed by atoms with Crippen LogP contribution < -0.4 is 14.8 Å². The Morgan fingerprint density at radius 1 is 1.26 bits per heavy atom. The molecule has 0 bridgehead atoms. The van der Waals surface area contributed by atoms with Gasteiger partial charge in [0.2, 0.25) is 0 Å². The van der Waals surface area contributed by atoms with Crippen molar-refractivity contribution in [2.24, 2.45) is 0 Å². The van der Waals surface area contributed by atoms with Crippen LogP contribution in [0.4, 0.5) is 0 Å². The van der Waals surface area contributed by atoms with Crippen molar-refractivity contribution in [1.82, 2.24) is 5.32 Å². The number of rotatable bonds is 2. The van der Waals surface area contributed by atoms with Crippen molar-refractivity contribution in [3.8, 4) is 11.5 Å². The van der Waals surface area contributed by atoms with Crippen molar-refractivity contribution < 1.29 is 14.3 Å². The molecule has 2 heterocycles. The summed E-state index contributed by atoms with van der Waals surface area (Å²) in [6, 6.07) is 0. The number of fused-ring (bicyclic) bond motifs is 1. The predicted octanol–water partition coefficient (Wildman–Crippen LogP) is 3.32. The highest BCUT2D eigenvalue weighted by molar-refractivity contribution is 5.76. The van der Waals surface area contributed by atoms with Crippen LogP contribution in [0.5, 0.6) is 11.5 Å². The molecule has 4 heteroatoms. The fourth-order valence-corrected chi connectivity index (χ4v) is 3.76. The van der Waals surface area contributed by atoms with Crippen molar-refractivity contribution in [1.29, 1.82) is 0 Å². The van der Waals surface area contributed by atoms with Gasteiger partial charge >= 0.3 is 5.97 Å². The van der Waals surface area contributed by atoms with Crippen molar-refractivity contribution in [3.05, 3.63) is 28.8 Å². The van der Waals surface area contributed by atoms with Crippen LogP contribution >= 0.6 is 0 Å². The Morgan fingerprint density at radius 3 is 2.57 bits per heavy atom. The Labute approximate surface area is 137 Å². The minimum Gasteiger partial charge on any atom is -0.487 e. The maximum absolute atomic E-state index is 11.5. The number of benzene rings is 1. The van der Waals surface area contributed by atoms with Gasteiger partial charge in [-0.1, -0.05) is 12.7 Å². The molecule has 3 rings (SSSR count). The molecule has 1 aromatic rings. The second-order valence-corrected chi connectivity index (χ2v) is 6.63. The highest BCUT2D eigenvalue weighted by Gasteiger charge is 2.39. The summed E-state index contributed by atoms with van der Waals surface area (Å²) in [4.78, 5) is 11.5. The van der Waals surface area contributed by atoms with Crippen LogP contribution in [-0.4, -0.2) is 24.7 Å². The van der Waals surface area contributed by atoms with Crippen LogP contribution in [0, 0.1) is 13.8 Å². The first-order chi connectivity index (χ1) is 11.0. The first-order valence-electron chi connectivity index (χ1n) is 8.34. The number of hydrogen-bond donors (Lipinski definition) is 1. The molecule has 2 aliphatic heterocycles. The maximum Gasteiger partial charge on any atom is 0.308 e. The molecule has 2 aliphatic rings. The summed E-state index contributed by atoms with van der Waals surface area (Å²) in [6.07, 6.45) is 5.81. The molecule has 0 radical (unpaired) electrons. The van der Waals surface area contributed by atoms with Crippen LogP contribution in [-0.2, 0) is 11.2 Å². The van der Waals surface area contributed by atoms with E-state index in [9.17, 15) is 4.79 Å². The van der Waals surface area contributed by atoms with Crippen molar-refractivity contribution in [2.75, 3.05) is 13.1 Å². The smallest absolute Gasteiger partial charge is 0.308 e. The number of nitrogens with one attached hydrogen (secondary N) is 1. The molecule has 1 fully saturated rings. The predicted molar refractivity (Wildman–Crippen MR) is 91.1 cm³/mol. The third-order valence-corrected chi connectivity index (χ3v) is 5.20. The molecule has 124 valence electrons.